The highest BCUT2D eigenvalue weighted by Gasteiger charge is 2.35. The van der Waals surface area contributed by atoms with Crippen molar-refractivity contribution in [3.63, 3.8) is 0 Å². The number of hydrogen-bond acceptors (Lipinski definition) is 6. The number of sulfonamides is 1. The molecule has 10 heteroatoms. The Hall–Kier alpha value is -4.83. The van der Waals surface area contributed by atoms with E-state index in [1.165, 1.54) is 24.1 Å². The molecule has 44 heavy (non-hydrogen) atoms. The SMILES string of the molecule is CCNC(=O)[C@@H](Cc1ccccc1)N(Cc1cccc(OC)c1)C(=O)CN(c1ccccc1OC)S(=O)(=O)c1ccccc1. The molecule has 4 aromatic carbocycles. The van der Waals surface area contributed by atoms with Crippen LogP contribution in [0.3, 0.4) is 0 Å². The average molecular weight is 616 g/mol. The zero-order chi connectivity index (χ0) is 31.5. The standard InChI is InChI=1S/C34H37N3O6S/c1-4-35-34(39)31(23-26-14-7-5-8-15-26)36(24-27-16-13-17-28(22-27)42-2)33(38)25-37(30-20-11-12-21-32(30)43-3)44(40,41)29-18-9-6-10-19-29/h5-22,31H,4,23-25H2,1-3H3,(H,35,39)/t31-/m1/s1. The molecule has 4 aromatic rings. The van der Waals surface area contributed by atoms with Gasteiger partial charge in [-0.3, -0.25) is 13.9 Å². The van der Waals surface area contributed by atoms with Crippen LogP contribution >= 0.6 is 0 Å². The third-order valence-electron chi connectivity index (χ3n) is 7.07. The largest absolute Gasteiger partial charge is 0.497 e. The number of likely N-dealkylation sites (N-methyl/N-ethyl adjacent to an activating group) is 1. The first-order valence-electron chi connectivity index (χ1n) is 14.2. The van der Waals surface area contributed by atoms with Gasteiger partial charge in [-0.25, -0.2) is 8.42 Å². The summed E-state index contributed by atoms with van der Waals surface area (Å²) in [6.45, 7) is 1.63. The number of hydrogen-bond donors (Lipinski definition) is 1. The lowest BCUT2D eigenvalue weighted by molar-refractivity contribution is -0.140. The van der Waals surface area contributed by atoms with E-state index < -0.39 is 28.5 Å². The smallest absolute Gasteiger partial charge is 0.264 e. The fourth-order valence-corrected chi connectivity index (χ4v) is 6.33. The van der Waals surface area contributed by atoms with E-state index in [2.05, 4.69) is 5.32 Å². The maximum absolute atomic E-state index is 14.5. The Labute approximate surface area is 259 Å². The molecule has 0 spiro atoms. The van der Waals surface area contributed by atoms with Gasteiger partial charge >= 0.3 is 0 Å². The van der Waals surface area contributed by atoms with Gasteiger partial charge in [-0.2, -0.15) is 0 Å². The minimum Gasteiger partial charge on any atom is -0.497 e. The summed E-state index contributed by atoms with van der Waals surface area (Å²) in [6.07, 6.45) is 0.225. The summed E-state index contributed by atoms with van der Waals surface area (Å²) in [5.74, 6) is -0.0358. The normalized spacial score (nSPS) is 11.7. The highest BCUT2D eigenvalue weighted by atomic mass is 32.2. The van der Waals surface area contributed by atoms with Gasteiger partial charge in [-0.1, -0.05) is 72.8 Å². The third kappa shape index (κ3) is 7.76. The van der Waals surface area contributed by atoms with Gasteiger partial charge in [0.15, 0.2) is 0 Å². The van der Waals surface area contributed by atoms with Gasteiger partial charge in [0.25, 0.3) is 10.0 Å². The van der Waals surface area contributed by atoms with Gasteiger partial charge in [0.05, 0.1) is 24.8 Å². The molecule has 4 rings (SSSR count). The summed E-state index contributed by atoms with van der Waals surface area (Å²) in [5.41, 5.74) is 1.77. The van der Waals surface area contributed by atoms with Crippen molar-refractivity contribution in [1.82, 2.24) is 10.2 Å². The third-order valence-corrected chi connectivity index (χ3v) is 8.85. The second kappa shape index (κ2) is 15.1. The van der Waals surface area contributed by atoms with Crippen LogP contribution in [0.4, 0.5) is 5.69 Å². The minimum atomic E-state index is -4.23. The van der Waals surface area contributed by atoms with Crippen LogP contribution in [0.2, 0.25) is 0 Å². The molecule has 0 radical (unpaired) electrons. The number of carbonyl (C=O) groups is 2. The van der Waals surface area contributed by atoms with E-state index in [9.17, 15) is 18.0 Å². The molecule has 0 fully saturated rings. The van der Waals surface area contributed by atoms with Crippen LogP contribution in [0.5, 0.6) is 11.5 Å². The molecule has 0 saturated heterocycles. The molecule has 0 aliphatic heterocycles. The predicted molar refractivity (Wildman–Crippen MR) is 170 cm³/mol. The lowest BCUT2D eigenvalue weighted by Gasteiger charge is -2.34. The van der Waals surface area contributed by atoms with Crippen molar-refractivity contribution < 1.29 is 27.5 Å². The number of rotatable bonds is 14. The Morgan fingerprint density at radius 2 is 1.43 bits per heavy atom. The quantitative estimate of drug-likeness (QED) is 0.221. The predicted octanol–water partition coefficient (Wildman–Crippen LogP) is 4.68. The Morgan fingerprint density at radius 3 is 2.09 bits per heavy atom. The maximum atomic E-state index is 14.5. The van der Waals surface area contributed by atoms with Crippen molar-refractivity contribution in [2.24, 2.45) is 0 Å². The number of amides is 2. The van der Waals surface area contributed by atoms with E-state index in [-0.39, 0.29) is 35.2 Å². The molecule has 0 aliphatic rings. The van der Waals surface area contributed by atoms with Crippen molar-refractivity contribution in [3.05, 3.63) is 120 Å². The summed E-state index contributed by atoms with van der Waals surface area (Å²) >= 11 is 0. The lowest BCUT2D eigenvalue weighted by Crippen LogP contribution is -2.53. The molecule has 1 N–H and O–H groups in total. The summed E-state index contributed by atoms with van der Waals surface area (Å²) in [6, 6.07) is 30.2. The fraction of sp³-hybridized carbons (Fsp3) is 0.235. The van der Waals surface area contributed by atoms with Gasteiger partial charge in [-0.05, 0) is 54.4 Å². The second-order valence-corrected chi connectivity index (χ2v) is 11.8. The van der Waals surface area contributed by atoms with Crippen LogP contribution in [0, 0.1) is 0 Å². The second-order valence-electron chi connectivity index (χ2n) is 9.97. The maximum Gasteiger partial charge on any atom is 0.264 e. The van der Waals surface area contributed by atoms with Crippen molar-refractivity contribution in [2.75, 3.05) is 31.6 Å². The Bertz CT molecular complexity index is 1650. The molecule has 2 amide bonds. The molecule has 1 atom stereocenters. The van der Waals surface area contributed by atoms with Crippen molar-refractivity contribution in [1.29, 1.82) is 0 Å². The van der Waals surface area contributed by atoms with Crippen LogP contribution < -0.4 is 19.1 Å². The van der Waals surface area contributed by atoms with Gasteiger partial charge in [0, 0.05) is 19.5 Å². The molecule has 0 heterocycles. The molecule has 0 unspecified atom stereocenters. The summed E-state index contributed by atoms with van der Waals surface area (Å²) in [4.78, 5) is 29.5. The Kier molecular flexibility index (Phi) is 11.0. The van der Waals surface area contributed by atoms with E-state index in [0.717, 1.165) is 15.4 Å². The number of nitrogens with zero attached hydrogens (tertiary/aromatic N) is 2. The number of ether oxygens (including phenoxy) is 2. The zero-order valence-electron chi connectivity index (χ0n) is 25.1. The van der Waals surface area contributed by atoms with Crippen LogP contribution in [0.1, 0.15) is 18.1 Å². The fourth-order valence-electron chi connectivity index (χ4n) is 4.88. The number of para-hydroxylation sites is 2. The van der Waals surface area contributed by atoms with Crippen molar-refractivity contribution in [2.45, 2.75) is 30.8 Å². The number of anilines is 1. The molecule has 0 saturated carbocycles. The van der Waals surface area contributed by atoms with E-state index in [0.29, 0.717) is 12.3 Å². The van der Waals surface area contributed by atoms with Gasteiger partial charge < -0.3 is 19.7 Å². The first kappa shape index (κ1) is 32.1. The summed E-state index contributed by atoms with van der Waals surface area (Å²) < 4.78 is 40.1. The van der Waals surface area contributed by atoms with E-state index in [1.807, 2.05) is 43.3 Å². The van der Waals surface area contributed by atoms with Crippen LogP contribution in [0.15, 0.2) is 114 Å². The molecule has 0 aromatic heterocycles. The van der Waals surface area contributed by atoms with Gasteiger partial charge in [0.2, 0.25) is 11.8 Å². The molecular formula is C34H37N3O6S. The molecule has 230 valence electrons. The number of benzene rings is 4. The Balaban J connectivity index is 1.82. The molecule has 9 nitrogen and oxygen atoms in total. The lowest BCUT2D eigenvalue weighted by atomic mass is 10.0. The van der Waals surface area contributed by atoms with Gasteiger partial charge in [-0.15, -0.1) is 0 Å². The monoisotopic (exact) mass is 615 g/mol. The highest BCUT2D eigenvalue weighted by Crippen LogP contribution is 2.32. The Morgan fingerprint density at radius 1 is 0.795 bits per heavy atom. The topological polar surface area (TPSA) is 105 Å². The number of nitrogens with one attached hydrogen (secondary N) is 1. The summed E-state index contributed by atoms with van der Waals surface area (Å²) in [5, 5.41) is 2.86. The molecule has 0 aliphatic carbocycles. The van der Waals surface area contributed by atoms with Crippen molar-refractivity contribution in [3.8, 4) is 11.5 Å². The molecule has 0 bridgehead atoms. The first-order valence-corrected chi connectivity index (χ1v) is 15.7. The van der Waals surface area contributed by atoms with Crippen LogP contribution in [0.25, 0.3) is 0 Å². The van der Waals surface area contributed by atoms with Crippen molar-refractivity contribution >= 4 is 27.5 Å². The first-order chi connectivity index (χ1) is 21.3. The highest BCUT2D eigenvalue weighted by molar-refractivity contribution is 7.92. The van der Waals surface area contributed by atoms with E-state index >= 15 is 0 Å². The van der Waals surface area contributed by atoms with Crippen LogP contribution in [-0.2, 0) is 32.6 Å². The van der Waals surface area contributed by atoms with E-state index in [1.54, 1.807) is 67.8 Å². The number of carbonyl (C=O) groups excluding carboxylic acids is 2. The zero-order valence-corrected chi connectivity index (χ0v) is 25.9. The van der Waals surface area contributed by atoms with E-state index in [4.69, 9.17) is 9.47 Å². The molecular weight excluding hydrogens is 578 g/mol. The average Bonchev–Trinajstić information content (AvgIpc) is 3.06. The van der Waals surface area contributed by atoms with Gasteiger partial charge in [0.1, 0.15) is 24.1 Å². The number of methoxy groups -OCH3 is 2. The minimum absolute atomic E-state index is 0.0163. The summed E-state index contributed by atoms with van der Waals surface area (Å²) in [7, 11) is -1.24. The van der Waals surface area contributed by atoms with Crippen LogP contribution in [-0.4, -0.2) is 58.5 Å².